The summed E-state index contributed by atoms with van der Waals surface area (Å²) in [6.07, 6.45) is 1.80. The van der Waals surface area contributed by atoms with Gasteiger partial charge in [-0.25, -0.2) is 0 Å². The van der Waals surface area contributed by atoms with Crippen LogP contribution in [0.4, 0.5) is 0 Å². The molecule has 0 fully saturated rings. The molecule has 1 heterocycles. The summed E-state index contributed by atoms with van der Waals surface area (Å²) in [6.45, 7) is 4.09. The first-order valence-electron chi connectivity index (χ1n) is 10.8. The second-order valence-electron chi connectivity index (χ2n) is 8.02. The summed E-state index contributed by atoms with van der Waals surface area (Å²) in [5.41, 5.74) is 14.8. The normalized spacial score (nSPS) is 12.4. The lowest BCUT2D eigenvalue weighted by Crippen LogP contribution is -2.17. The number of pyridine rings is 1. The topological polar surface area (TPSA) is 60.5 Å². The number of rotatable bonds is 6. The van der Waals surface area contributed by atoms with E-state index in [4.69, 9.17) is 15.5 Å². The van der Waals surface area contributed by atoms with Gasteiger partial charge in [0, 0.05) is 17.3 Å². The van der Waals surface area contributed by atoms with E-state index >= 15 is 0 Å². The number of amidine groups is 1. The Bertz CT molecular complexity index is 1320. The number of aromatic nitrogens is 1. The van der Waals surface area contributed by atoms with Crippen LogP contribution in [0.25, 0.3) is 11.1 Å². The molecule has 166 valence electrons. The Kier molecular flexibility index (Phi) is 6.86. The molecule has 1 aromatic heterocycles. The summed E-state index contributed by atoms with van der Waals surface area (Å²) in [4.78, 5) is 9.45. The van der Waals surface area contributed by atoms with Crippen molar-refractivity contribution in [3.05, 3.63) is 113 Å². The molecule has 0 aliphatic rings. The number of aliphatic imine (C=N–C) groups is 1. The number of aryl methyl sites for hydroxylation is 2. The Hall–Kier alpha value is -3.49. The highest BCUT2D eigenvalue weighted by molar-refractivity contribution is 7.27. The van der Waals surface area contributed by atoms with Crippen molar-refractivity contribution in [2.45, 2.75) is 19.9 Å². The molecule has 4 aromatic rings. The fourth-order valence-electron chi connectivity index (χ4n) is 4.02. The molecule has 0 saturated heterocycles. The average Bonchev–Trinajstić information content (AvgIpc) is 2.83. The van der Waals surface area contributed by atoms with E-state index < -0.39 is 0 Å². The van der Waals surface area contributed by atoms with Crippen LogP contribution < -0.4 is 15.9 Å². The summed E-state index contributed by atoms with van der Waals surface area (Å²) in [5.74, 6) is 1.37. The fourth-order valence-corrected chi connectivity index (χ4v) is 4.37. The van der Waals surface area contributed by atoms with Crippen molar-refractivity contribution in [2.75, 3.05) is 7.11 Å². The lowest BCUT2D eigenvalue weighted by Gasteiger charge is -2.18. The lowest BCUT2D eigenvalue weighted by molar-refractivity contribution is 0.411. The Labute approximate surface area is 197 Å². The minimum Gasteiger partial charge on any atom is -0.496 e. The minimum atomic E-state index is -0.265. The number of nitrogens with two attached hydrogens (primary N) is 1. The Morgan fingerprint density at radius 3 is 2.42 bits per heavy atom. The first kappa shape index (κ1) is 22.7. The minimum absolute atomic E-state index is 0.265. The van der Waals surface area contributed by atoms with Gasteiger partial charge in [0.25, 0.3) is 0 Å². The molecule has 4 nitrogen and oxygen atoms in total. The molecular formula is C28H28N3OP. The van der Waals surface area contributed by atoms with Gasteiger partial charge in [0.05, 0.1) is 12.5 Å². The molecule has 2 N–H and O–H groups in total. The van der Waals surface area contributed by atoms with Gasteiger partial charge in [0.15, 0.2) is 0 Å². The third-order valence-electron chi connectivity index (χ3n) is 5.78. The van der Waals surface area contributed by atoms with Crippen molar-refractivity contribution in [1.82, 2.24) is 4.98 Å². The highest BCUT2D eigenvalue weighted by Gasteiger charge is 2.17. The number of nitrogens with zero attached hydrogens (tertiary/aromatic N) is 2. The summed E-state index contributed by atoms with van der Waals surface area (Å²) in [5, 5.41) is 0. The third kappa shape index (κ3) is 4.97. The Morgan fingerprint density at radius 2 is 1.70 bits per heavy atom. The van der Waals surface area contributed by atoms with E-state index in [0.29, 0.717) is 5.84 Å². The maximum absolute atomic E-state index is 6.55. The zero-order chi connectivity index (χ0) is 23.4. The SMILES string of the molecule is COc1ccc(C(N=C(N)c2ccccc2C)c2cccc(-c3cccnc3P)c2)cc1C. The van der Waals surface area contributed by atoms with Crippen molar-refractivity contribution in [2.24, 2.45) is 10.7 Å². The summed E-state index contributed by atoms with van der Waals surface area (Å²) in [7, 11) is 4.40. The van der Waals surface area contributed by atoms with Gasteiger partial charge in [-0.1, -0.05) is 63.8 Å². The van der Waals surface area contributed by atoms with E-state index in [1.54, 1.807) is 13.3 Å². The number of methoxy groups -OCH3 is 1. The largest absolute Gasteiger partial charge is 0.496 e. The van der Waals surface area contributed by atoms with E-state index in [-0.39, 0.29) is 6.04 Å². The van der Waals surface area contributed by atoms with Crippen LogP contribution in [0.2, 0.25) is 0 Å². The van der Waals surface area contributed by atoms with Gasteiger partial charge in [0.1, 0.15) is 17.6 Å². The van der Waals surface area contributed by atoms with E-state index in [2.05, 4.69) is 56.7 Å². The fraction of sp³-hybridized carbons (Fsp3) is 0.143. The molecule has 0 amide bonds. The third-order valence-corrected chi connectivity index (χ3v) is 6.24. The lowest BCUT2D eigenvalue weighted by atomic mass is 9.94. The molecular weight excluding hydrogens is 425 g/mol. The van der Waals surface area contributed by atoms with Gasteiger partial charge >= 0.3 is 0 Å². The van der Waals surface area contributed by atoms with Gasteiger partial charge in [0.2, 0.25) is 0 Å². The second-order valence-corrected chi connectivity index (χ2v) is 8.57. The first-order valence-corrected chi connectivity index (χ1v) is 11.4. The van der Waals surface area contributed by atoms with Crippen molar-refractivity contribution in [1.29, 1.82) is 0 Å². The van der Waals surface area contributed by atoms with Gasteiger partial charge < -0.3 is 10.5 Å². The van der Waals surface area contributed by atoms with Crippen molar-refractivity contribution < 1.29 is 4.74 Å². The summed E-state index contributed by atoms with van der Waals surface area (Å²) < 4.78 is 5.47. The zero-order valence-electron chi connectivity index (χ0n) is 19.1. The predicted molar refractivity (Wildman–Crippen MR) is 140 cm³/mol. The average molecular weight is 454 g/mol. The van der Waals surface area contributed by atoms with Gasteiger partial charge in [-0.2, -0.15) is 0 Å². The Morgan fingerprint density at radius 1 is 0.909 bits per heavy atom. The number of hydrogen-bond acceptors (Lipinski definition) is 3. The number of ether oxygens (including phenoxy) is 1. The molecule has 2 atom stereocenters. The highest BCUT2D eigenvalue weighted by Crippen LogP contribution is 2.32. The predicted octanol–water partition coefficient (Wildman–Crippen LogP) is 5.37. The molecule has 0 aliphatic carbocycles. The van der Waals surface area contributed by atoms with E-state index in [9.17, 15) is 0 Å². The van der Waals surface area contributed by atoms with E-state index in [1.807, 2.05) is 50.2 Å². The van der Waals surface area contributed by atoms with E-state index in [0.717, 1.165) is 50.1 Å². The van der Waals surface area contributed by atoms with Crippen LogP contribution in [0.5, 0.6) is 5.75 Å². The standard InChI is InChI=1S/C28H28N3OP/c1-18-8-4-5-11-23(18)27(29)31-26(22-13-14-25(32-3)19(2)16-22)21-10-6-9-20(17-21)24-12-7-15-30-28(24)33/h4-17,26H,33H2,1-3H3,(H2,29,31). The van der Waals surface area contributed by atoms with Gasteiger partial charge in [-0.3, -0.25) is 9.98 Å². The second kappa shape index (κ2) is 9.97. The maximum Gasteiger partial charge on any atom is 0.126 e. The van der Waals surface area contributed by atoms with Crippen molar-refractivity contribution in [3.8, 4) is 16.9 Å². The molecule has 0 spiro atoms. The van der Waals surface area contributed by atoms with Crippen LogP contribution in [0, 0.1) is 13.8 Å². The van der Waals surface area contributed by atoms with Crippen LogP contribution in [0.15, 0.2) is 90.1 Å². The number of benzene rings is 3. The smallest absolute Gasteiger partial charge is 0.126 e. The van der Waals surface area contributed by atoms with Crippen LogP contribution in [-0.2, 0) is 0 Å². The number of hydrogen-bond donors (Lipinski definition) is 1. The molecule has 3 aromatic carbocycles. The quantitative estimate of drug-likeness (QED) is 0.243. The van der Waals surface area contributed by atoms with Crippen molar-refractivity contribution >= 4 is 20.5 Å². The zero-order valence-corrected chi connectivity index (χ0v) is 20.3. The van der Waals surface area contributed by atoms with Gasteiger partial charge in [-0.05, 0) is 65.9 Å². The molecule has 2 unspecified atom stereocenters. The van der Waals surface area contributed by atoms with Crippen molar-refractivity contribution in [3.63, 3.8) is 0 Å². The van der Waals surface area contributed by atoms with Crippen LogP contribution in [0.1, 0.15) is 33.9 Å². The van der Waals surface area contributed by atoms with Crippen LogP contribution in [-0.4, -0.2) is 17.9 Å². The molecule has 0 aliphatic heterocycles. The van der Waals surface area contributed by atoms with Crippen LogP contribution in [0.3, 0.4) is 0 Å². The first-order chi connectivity index (χ1) is 16.0. The molecule has 33 heavy (non-hydrogen) atoms. The molecule has 0 radical (unpaired) electrons. The monoisotopic (exact) mass is 453 g/mol. The van der Waals surface area contributed by atoms with E-state index in [1.165, 1.54) is 0 Å². The van der Waals surface area contributed by atoms with Gasteiger partial charge in [-0.15, -0.1) is 0 Å². The maximum atomic E-state index is 6.55. The van der Waals surface area contributed by atoms with Crippen LogP contribution >= 0.6 is 9.24 Å². The molecule has 4 rings (SSSR count). The molecule has 0 bridgehead atoms. The summed E-state index contributed by atoms with van der Waals surface area (Å²) >= 11 is 0. The molecule has 0 saturated carbocycles. The Balaban J connectivity index is 1.86. The highest BCUT2D eigenvalue weighted by atomic mass is 31.0. The summed E-state index contributed by atoms with van der Waals surface area (Å²) in [6, 6.07) is 26.4. The molecule has 5 heteroatoms.